The maximum absolute atomic E-state index is 13.6. The summed E-state index contributed by atoms with van der Waals surface area (Å²) < 4.78 is 18.1. The van der Waals surface area contributed by atoms with Gasteiger partial charge in [-0.2, -0.15) is 0 Å². The Labute approximate surface area is 122 Å². The molecule has 3 N–H and O–H groups in total. The summed E-state index contributed by atoms with van der Waals surface area (Å²) >= 11 is 0. The predicted octanol–water partition coefficient (Wildman–Crippen LogP) is 1.85. The summed E-state index contributed by atoms with van der Waals surface area (Å²) in [5.74, 6) is -1.65. The van der Waals surface area contributed by atoms with Crippen LogP contribution in [0.2, 0.25) is 0 Å². The van der Waals surface area contributed by atoms with Crippen molar-refractivity contribution in [2.24, 2.45) is 5.73 Å². The van der Waals surface area contributed by atoms with E-state index < -0.39 is 23.2 Å². The van der Waals surface area contributed by atoms with Gasteiger partial charge in [0.2, 0.25) is 5.91 Å². The molecule has 1 aromatic carbocycles. The highest BCUT2D eigenvalue weighted by molar-refractivity contribution is 6.00. The Kier molecular flexibility index (Phi) is 5.08. The molecule has 1 aromatic rings. The lowest BCUT2D eigenvalue weighted by atomic mass is 9.77. The molecule has 0 spiro atoms. The Morgan fingerprint density at radius 2 is 2.05 bits per heavy atom. The molecule has 1 amide bonds. The average molecular weight is 303 g/mol. The van der Waals surface area contributed by atoms with Gasteiger partial charge in [0.15, 0.2) is 0 Å². The van der Waals surface area contributed by atoms with Gasteiger partial charge in [0, 0.05) is 0 Å². The van der Waals surface area contributed by atoms with E-state index in [9.17, 15) is 14.0 Å². The number of ether oxygens (including phenoxy) is 1. The number of benzene rings is 1. The Hall–Kier alpha value is -1.66. The first-order valence-electron chi connectivity index (χ1n) is 5.94. The van der Waals surface area contributed by atoms with Crippen molar-refractivity contribution in [2.75, 3.05) is 12.4 Å². The number of esters is 1. The molecule has 7 heteroatoms. The van der Waals surface area contributed by atoms with E-state index >= 15 is 0 Å². The van der Waals surface area contributed by atoms with Gasteiger partial charge in [-0.1, -0.05) is 0 Å². The average Bonchev–Trinajstić information content (AvgIpc) is 2.37. The van der Waals surface area contributed by atoms with Gasteiger partial charge in [0.05, 0.1) is 23.9 Å². The molecule has 1 saturated carbocycles. The van der Waals surface area contributed by atoms with Crippen LogP contribution in [0.25, 0.3) is 0 Å². The maximum Gasteiger partial charge on any atom is 0.337 e. The first-order valence-corrected chi connectivity index (χ1v) is 5.94. The number of methoxy groups -OCH3 is 1. The smallest absolute Gasteiger partial charge is 0.337 e. The minimum absolute atomic E-state index is 0. The summed E-state index contributed by atoms with van der Waals surface area (Å²) in [6.07, 6.45) is 2.04. The summed E-state index contributed by atoms with van der Waals surface area (Å²) in [5.41, 5.74) is 5.02. The highest BCUT2D eigenvalue weighted by Gasteiger charge is 2.40. The van der Waals surface area contributed by atoms with Gasteiger partial charge in [-0.3, -0.25) is 4.79 Å². The standard InChI is InChI=1S/C13H15FN2O3.ClH/c1-19-11(17)8-3-4-9(14)10(7-8)16-12(18)13(15)5-2-6-13;/h3-4,7H,2,5-6,15H2,1H3,(H,16,18);1H. The van der Waals surface area contributed by atoms with Crippen LogP contribution < -0.4 is 11.1 Å². The molecule has 2 rings (SSSR count). The van der Waals surface area contributed by atoms with Gasteiger partial charge >= 0.3 is 5.97 Å². The topological polar surface area (TPSA) is 81.4 Å². The second-order valence-electron chi connectivity index (χ2n) is 4.65. The van der Waals surface area contributed by atoms with E-state index in [1.807, 2.05) is 0 Å². The van der Waals surface area contributed by atoms with Gasteiger partial charge in [0.1, 0.15) is 5.82 Å². The van der Waals surface area contributed by atoms with Crippen LogP contribution in [-0.4, -0.2) is 24.5 Å². The van der Waals surface area contributed by atoms with Gasteiger partial charge in [-0.25, -0.2) is 9.18 Å². The first-order chi connectivity index (χ1) is 8.96. The van der Waals surface area contributed by atoms with Crippen LogP contribution in [0.4, 0.5) is 10.1 Å². The molecule has 5 nitrogen and oxygen atoms in total. The second-order valence-corrected chi connectivity index (χ2v) is 4.65. The van der Waals surface area contributed by atoms with Crippen LogP contribution in [-0.2, 0) is 9.53 Å². The molecule has 0 aromatic heterocycles. The van der Waals surface area contributed by atoms with Crippen LogP contribution >= 0.6 is 12.4 Å². The monoisotopic (exact) mass is 302 g/mol. The molecular formula is C13H16ClFN2O3. The number of hydrogen-bond acceptors (Lipinski definition) is 4. The predicted molar refractivity (Wildman–Crippen MR) is 74.4 cm³/mol. The minimum atomic E-state index is -0.923. The molecule has 0 aliphatic heterocycles. The van der Waals surface area contributed by atoms with E-state index in [4.69, 9.17) is 5.73 Å². The number of anilines is 1. The Bertz CT molecular complexity index is 532. The SMILES string of the molecule is COC(=O)c1ccc(F)c(NC(=O)C2(N)CCC2)c1.Cl. The number of carbonyl (C=O) groups excluding carboxylic acids is 2. The summed E-state index contributed by atoms with van der Waals surface area (Å²) in [5, 5.41) is 2.43. The molecule has 1 aliphatic carbocycles. The second kappa shape index (κ2) is 6.19. The van der Waals surface area contributed by atoms with Crippen molar-refractivity contribution in [1.82, 2.24) is 0 Å². The normalized spacial score (nSPS) is 15.6. The third-order valence-electron chi connectivity index (χ3n) is 3.33. The fourth-order valence-corrected chi connectivity index (χ4v) is 1.90. The highest BCUT2D eigenvalue weighted by Crippen LogP contribution is 2.30. The van der Waals surface area contributed by atoms with Crippen molar-refractivity contribution >= 4 is 30.0 Å². The number of carbonyl (C=O) groups is 2. The van der Waals surface area contributed by atoms with Crippen molar-refractivity contribution in [3.8, 4) is 0 Å². The summed E-state index contributed by atoms with van der Waals surface area (Å²) in [6.45, 7) is 0. The molecule has 1 fully saturated rings. The third-order valence-corrected chi connectivity index (χ3v) is 3.33. The molecule has 0 atom stereocenters. The maximum atomic E-state index is 13.6. The van der Waals surface area contributed by atoms with E-state index in [1.165, 1.54) is 19.2 Å². The number of rotatable bonds is 3. The van der Waals surface area contributed by atoms with Crippen LogP contribution in [0.3, 0.4) is 0 Å². The largest absolute Gasteiger partial charge is 0.465 e. The molecular weight excluding hydrogens is 287 g/mol. The van der Waals surface area contributed by atoms with Gasteiger partial charge in [-0.05, 0) is 37.5 Å². The lowest BCUT2D eigenvalue weighted by Crippen LogP contribution is -2.56. The van der Waals surface area contributed by atoms with Gasteiger partial charge in [-0.15, -0.1) is 12.4 Å². The molecule has 20 heavy (non-hydrogen) atoms. The highest BCUT2D eigenvalue weighted by atomic mass is 35.5. The number of hydrogen-bond donors (Lipinski definition) is 2. The van der Waals surface area contributed by atoms with Gasteiger partial charge < -0.3 is 15.8 Å². The molecule has 0 bridgehead atoms. The first kappa shape index (κ1) is 16.4. The van der Waals surface area contributed by atoms with Crippen LogP contribution in [0.1, 0.15) is 29.6 Å². The number of amides is 1. The van der Waals surface area contributed by atoms with E-state index in [1.54, 1.807) is 0 Å². The molecule has 0 unspecified atom stereocenters. The lowest BCUT2D eigenvalue weighted by molar-refractivity contribution is -0.123. The van der Waals surface area contributed by atoms with E-state index in [2.05, 4.69) is 10.1 Å². The fraction of sp³-hybridized carbons (Fsp3) is 0.385. The van der Waals surface area contributed by atoms with Crippen molar-refractivity contribution < 1.29 is 18.7 Å². The Morgan fingerprint density at radius 3 is 2.55 bits per heavy atom. The minimum Gasteiger partial charge on any atom is -0.465 e. The molecule has 0 radical (unpaired) electrons. The fourth-order valence-electron chi connectivity index (χ4n) is 1.90. The summed E-state index contributed by atoms with van der Waals surface area (Å²) in [4.78, 5) is 23.2. The Morgan fingerprint density at radius 1 is 1.40 bits per heavy atom. The van der Waals surface area contributed by atoms with E-state index in [-0.39, 0.29) is 23.7 Å². The molecule has 0 saturated heterocycles. The zero-order chi connectivity index (χ0) is 14.0. The zero-order valence-corrected chi connectivity index (χ0v) is 11.8. The number of halogens is 2. The van der Waals surface area contributed by atoms with Crippen LogP contribution in [0, 0.1) is 5.82 Å². The van der Waals surface area contributed by atoms with Crippen molar-refractivity contribution in [3.05, 3.63) is 29.6 Å². The zero-order valence-electron chi connectivity index (χ0n) is 10.9. The number of nitrogens with two attached hydrogens (primary N) is 1. The lowest BCUT2D eigenvalue weighted by Gasteiger charge is -2.36. The van der Waals surface area contributed by atoms with Crippen molar-refractivity contribution in [1.29, 1.82) is 0 Å². The molecule has 1 aliphatic rings. The van der Waals surface area contributed by atoms with Crippen molar-refractivity contribution in [3.63, 3.8) is 0 Å². The molecule has 110 valence electrons. The van der Waals surface area contributed by atoms with Crippen molar-refractivity contribution in [2.45, 2.75) is 24.8 Å². The third kappa shape index (κ3) is 3.08. The summed E-state index contributed by atoms with van der Waals surface area (Å²) in [7, 11) is 1.23. The summed E-state index contributed by atoms with van der Waals surface area (Å²) in [6, 6.07) is 3.63. The molecule has 0 heterocycles. The quantitative estimate of drug-likeness (QED) is 0.835. The van der Waals surface area contributed by atoms with E-state index in [0.717, 1.165) is 12.5 Å². The Balaban J connectivity index is 0.00000200. The van der Waals surface area contributed by atoms with Crippen LogP contribution in [0.5, 0.6) is 0 Å². The number of nitrogens with one attached hydrogen (secondary N) is 1. The van der Waals surface area contributed by atoms with Crippen LogP contribution in [0.15, 0.2) is 18.2 Å². The van der Waals surface area contributed by atoms with E-state index in [0.29, 0.717) is 12.8 Å². The van der Waals surface area contributed by atoms with Gasteiger partial charge in [0.25, 0.3) is 0 Å².